The number of thiophene rings is 1. The molecule has 0 aliphatic carbocycles. The molecule has 126 valence electrons. The molecule has 2 rings (SSSR count). The first-order chi connectivity index (χ1) is 11.5. The molecule has 0 fully saturated rings. The van der Waals surface area contributed by atoms with Crippen molar-refractivity contribution in [2.45, 2.75) is 6.42 Å². The average molecular weight is 368 g/mol. The fourth-order valence-electron chi connectivity index (χ4n) is 1.88. The Bertz CT molecular complexity index is 749. The number of nitrogens with zero attached hydrogens (tertiary/aromatic N) is 1. The van der Waals surface area contributed by atoms with Crippen molar-refractivity contribution in [2.75, 3.05) is 13.1 Å². The number of hydrogen-bond acceptors (Lipinski definition) is 5. The van der Waals surface area contributed by atoms with Crippen LogP contribution in [-0.4, -0.2) is 29.8 Å². The molecule has 0 bridgehead atoms. The van der Waals surface area contributed by atoms with Gasteiger partial charge in [-0.25, -0.2) is 0 Å². The van der Waals surface area contributed by atoms with E-state index >= 15 is 0 Å². The Morgan fingerprint density at radius 1 is 1.17 bits per heavy atom. The summed E-state index contributed by atoms with van der Waals surface area (Å²) in [4.78, 5) is 34.4. The van der Waals surface area contributed by atoms with Crippen LogP contribution in [0, 0.1) is 10.1 Å². The number of carbonyl (C=O) groups is 2. The zero-order valence-corrected chi connectivity index (χ0v) is 14.0. The lowest BCUT2D eigenvalue weighted by atomic mass is 10.2. The van der Waals surface area contributed by atoms with E-state index in [-0.39, 0.29) is 22.2 Å². The van der Waals surface area contributed by atoms with Crippen LogP contribution in [0.5, 0.6) is 0 Å². The monoisotopic (exact) mass is 367 g/mol. The third kappa shape index (κ3) is 4.77. The minimum atomic E-state index is -0.580. The van der Waals surface area contributed by atoms with Gasteiger partial charge in [0.1, 0.15) is 0 Å². The molecule has 0 saturated heterocycles. The van der Waals surface area contributed by atoms with Crippen LogP contribution in [0.1, 0.15) is 26.5 Å². The third-order valence-electron chi connectivity index (χ3n) is 3.08. The highest BCUT2D eigenvalue weighted by Crippen LogP contribution is 2.22. The van der Waals surface area contributed by atoms with Crippen molar-refractivity contribution >= 4 is 40.4 Å². The predicted octanol–water partition coefficient (Wildman–Crippen LogP) is 2.86. The number of benzene rings is 1. The standard InChI is InChI=1S/C15H14ClN3O4S/c16-12-9-10(19(22)23)4-5-11(12)14(20)17-6-2-7-18-15(21)13-3-1-8-24-13/h1,3-5,8-9H,2,6-7H2,(H,17,20)(H,18,21). The molecule has 0 unspecified atom stereocenters. The second kappa shape index (κ2) is 8.42. The summed E-state index contributed by atoms with van der Waals surface area (Å²) >= 11 is 7.24. The molecule has 2 amide bonds. The zero-order chi connectivity index (χ0) is 17.5. The highest BCUT2D eigenvalue weighted by molar-refractivity contribution is 7.12. The smallest absolute Gasteiger partial charge is 0.270 e. The van der Waals surface area contributed by atoms with Crippen LogP contribution in [0.3, 0.4) is 0 Å². The normalized spacial score (nSPS) is 10.2. The number of nitro benzene ring substituents is 1. The number of nitro groups is 1. The van der Waals surface area contributed by atoms with Gasteiger partial charge in [-0.3, -0.25) is 19.7 Å². The van der Waals surface area contributed by atoms with Gasteiger partial charge in [0, 0.05) is 25.2 Å². The Morgan fingerprint density at radius 2 is 1.88 bits per heavy atom. The summed E-state index contributed by atoms with van der Waals surface area (Å²) in [6.45, 7) is 0.766. The number of non-ortho nitro benzene ring substituents is 1. The van der Waals surface area contributed by atoms with Gasteiger partial charge in [0.25, 0.3) is 17.5 Å². The lowest BCUT2D eigenvalue weighted by Gasteiger charge is -2.07. The average Bonchev–Trinajstić information content (AvgIpc) is 3.08. The number of rotatable bonds is 7. The van der Waals surface area contributed by atoms with Crippen LogP contribution in [-0.2, 0) is 0 Å². The van der Waals surface area contributed by atoms with Crippen molar-refractivity contribution in [3.63, 3.8) is 0 Å². The van der Waals surface area contributed by atoms with E-state index in [1.165, 1.54) is 23.5 Å². The van der Waals surface area contributed by atoms with Gasteiger partial charge in [0.2, 0.25) is 0 Å². The zero-order valence-electron chi connectivity index (χ0n) is 12.5. The molecule has 1 aromatic carbocycles. The number of hydrogen-bond donors (Lipinski definition) is 2. The second-order valence-corrected chi connectivity index (χ2v) is 6.12. The van der Waals surface area contributed by atoms with Crippen LogP contribution >= 0.6 is 22.9 Å². The summed E-state index contributed by atoms with van der Waals surface area (Å²) in [5, 5.41) is 17.9. The van der Waals surface area contributed by atoms with E-state index in [0.29, 0.717) is 24.4 Å². The van der Waals surface area contributed by atoms with Crippen molar-refractivity contribution in [3.8, 4) is 0 Å². The number of halogens is 1. The molecular formula is C15H14ClN3O4S. The van der Waals surface area contributed by atoms with Gasteiger partial charge in [0.05, 0.1) is 20.4 Å². The third-order valence-corrected chi connectivity index (χ3v) is 4.26. The van der Waals surface area contributed by atoms with Gasteiger partial charge in [-0.2, -0.15) is 0 Å². The predicted molar refractivity (Wildman–Crippen MR) is 91.7 cm³/mol. The topological polar surface area (TPSA) is 101 Å². The number of amides is 2. The van der Waals surface area contributed by atoms with Crippen LogP contribution in [0.2, 0.25) is 5.02 Å². The van der Waals surface area contributed by atoms with Gasteiger partial charge < -0.3 is 10.6 Å². The van der Waals surface area contributed by atoms with Crippen LogP contribution in [0.25, 0.3) is 0 Å². The maximum atomic E-state index is 12.0. The summed E-state index contributed by atoms with van der Waals surface area (Å²) < 4.78 is 0. The van der Waals surface area contributed by atoms with Crippen molar-refractivity contribution in [3.05, 3.63) is 61.3 Å². The van der Waals surface area contributed by atoms with Gasteiger partial charge in [-0.05, 0) is 23.9 Å². The van der Waals surface area contributed by atoms with Gasteiger partial charge >= 0.3 is 0 Å². The van der Waals surface area contributed by atoms with Gasteiger partial charge in [-0.1, -0.05) is 17.7 Å². The van der Waals surface area contributed by atoms with Crippen molar-refractivity contribution in [1.29, 1.82) is 0 Å². The molecule has 0 spiro atoms. The molecule has 1 heterocycles. The van der Waals surface area contributed by atoms with E-state index in [1.54, 1.807) is 12.1 Å². The Labute approximate surface area is 146 Å². The first kappa shape index (κ1) is 17.9. The number of carbonyl (C=O) groups excluding carboxylic acids is 2. The Hall–Kier alpha value is -2.45. The minimum absolute atomic E-state index is 0.0210. The van der Waals surface area contributed by atoms with E-state index in [0.717, 1.165) is 6.07 Å². The molecule has 0 saturated carbocycles. The van der Waals surface area contributed by atoms with E-state index in [9.17, 15) is 19.7 Å². The fourth-order valence-corrected chi connectivity index (χ4v) is 2.78. The van der Waals surface area contributed by atoms with E-state index in [4.69, 9.17) is 11.6 Å². The summed E-state index contributed by atoms with van der Waals surface area (Å²) in [7, 11) is 0. The van der Waals surface area contributed by atoms with E-state index in [2.05, 4.69) is 10.6 Å². The largest absolute Gasteiger partial charge is 0.352 e. The molecule has 0 aliphatic rings. The Kier molecular flexibility index (Phi) is 6.28. The fraction of sp³-hybridized carbons (Fsp3) is 0.200. The second-order valence-electron chi connectivity index (χ2n) is 4.76. The highest BCUT2D eigenvalue weighted by Gasteiger charge is 2.14. The summed E-state index contributed by atoms with van der Waals surface area (Å²) in [5.74, 6) is -0.561. The van der Waals surface area contributed by atoms with Crippen LogP contribution < -0.4 is 10.6 Å². The van der Waals surface area contributed by atoms with Crippen molar-refractivity contribution in [1.82, 2.24) is 10.6 Å². The van der Waals surface area contributed by atoms with E-state index in [1.807, 2.05) is 5.38 Å². The van der Waals surface area contributed by atoms with Crippen molar-refractivity contribution < 1.29 is 14.5 Å². The number of nitrogens with one attached hydrogen (secondary N) is 2. The molecule has 9 heteroatoms. The quantitative estimate of drug-likeness (QED) is 0.446. The molecule has 24 heavy (non-hydrogen) atoms. The first-order valence-corrected chi connectivity index (χ1v) is 8.28. The SMILES string of the molecule is O=C(NCCCNC(=O)c1ccc([N+](=O)[O-])cc1Cl)c1cccs1. The lowest BCUT2D eigenvalue weighted by Crippen LogP contribution is -2.29. The lowest BCUT2D eigenvalue weighted by molar-refractivity contribution is -0.384. The minimum Gasteiger partial charge on any atom is -0.352 e. The van der Waals surface area contributed by atoms with E-state index < -0.39 is 10.8 Å². The maximum Gasteiger partial charge on any atom is 0.270 e. The van der Waals surface area contributed by atoms with Crippen LogP contribution in [0.4, 0.5) is 5.69 Å². The highest BCUT2D eigenvalue weighted by atomic mass is 35.5. The van der Waals surface area contributed by atoms with Crippen LogP contribution in [0.15, 0.2) is 35.7 Å². The molecular weight excluding hydrogens is 354 g/mol. The van der Waals surface area contributed by atoms with Gasteiger partial charge in [0.15, 0.2) is 0 Å². The first-order valence-electron chi connectivity index (χ1n) is 7.03. The summed E-state index contributed by atoms with van der Waals surface area (Å²) in [6.07, 6.45) is 0.549. The van der Waals surface area contributed by atoms with Crippen molar-refractivity contribution in [2.24, 2.45) is 0 Å². The summed E-state index contributed by atoms with van der Waals surface area (Å²) in [6, 6.07) is 7.21. The Balaban J connectivity index is 1.75. The Morgan fingerprint density at radius 3 is 2.46 bits per heavy atom. The molecule has 0 atom stereocenters. The summed E-state index contributed by atoms with van der Waals surface area (Å²) in [5.41, 5.74) is -0.00210. The molecule has 1 aromatic heterocycles. The molecule has 2 N–H and O–H groups in total. The maximum absolute atomic E-state index is 12.0. The molecule has 0 radical (unpaired) electrons. The van der Waals surface area contributed by atoms with Gasteiger partial charge in [-0.15, -0.1) is 11.3 Å². The molecule has 2 aromatic rings. The molecule has 7 nitrogen and oxygen atoms in total. The molecule has 0 aliphatic heterocycles.